The second-order valence-electron chi connectivity index (χ2n) is 7.64. The third-order valence-corrected chi connectivity index (χ3v) is 6.07. The third kappa shape index (κ3) is 5.11. The summed E-state index contributed by atoms with van der Waals surface area (Å²) in [6.45, 7) is 5.03. The lowest BCUT2D eigenvalue weighted by Crippen LogP contribution is -2.30. The van der Waals surface area contributed by atoms with Crippen molar-refractivity contribution in [1.82, 2.24) is 9.88 Å². The van der Waals surface area contributed by atoms with Crippen LogP contribution >= 0.6 is 23.2 Å². The molecule has 2 aromatic carbocycles. The van der Waals surface area contributed by atoms with E-state index in [-0.39, 0.29) is 6.10 Å². The lowest BCUT2D eigenvalue weighted by molar-refractivity contribution is 0.138. The van der Waals surface area contributed by atoms with E-state index < -0.39 is 0 Å². The summed E-state index contributed by atoms with van der Waals surface area (Å²) < 4.78 is 6.20. The number of ether oxygens (including phenoxy) is 1. The zero-order chi connectivity index (χ0) is 20.2. The summed E-state index contributed by atoms with van der Waals surface area (Å²) in [5.41, 5.74) is 2.63. The average molecular weight is 427 g/mol. The van der Waals surface area contributed by atoms with Crippen LogP contribution in [0, 0.1) is 5.92 Å². The Balaban J connectivity index is 1.53. The predicted molar refractivity (Wildman–Crippen MR) is 119 cm³/mol. The summed E-state index contributed by atoms with van der Waals surface area (Å²) in [7, 11) is 0. The molecule has 1 fully saturated rings. The smallest absolute Gasteiger partial charge is 0.213 e. The second kappa shape index (κ2) is 9.17. The standard InChI is InChI=1S/C24H24Cl2N2O/c1-17(29-24-12-11-21(26)13-27-24)22-15-28(14-18-5-3-2-4-6-18)16-23(22)19-7-9-20(25)10-8-19/h2-13,17,22-23H,14-16H2,1H3/t17-,22-,23+/m0/s1. The highest BCUT2D eigenvalue weighted by atomic mass is 35.5. The first-order valence-electron chi connectivity index (χ1n) is 9.88. The molecule has 1 aliphatic rings. The minimum Gasteiger partial charge on any atom is -0.474 e. The zero-order valence-corrected chi connectivity index (χ0v) is 17.9. The van der Waals surface area contributed by atoms with Crippen molar-refractivity contribution in [2.45, 2.75) is 25.5 Å². The van der Waals surface area contributed by atoms with Crippen molar-refractivity contribution in [3.05, 3.63) is 94.1 Å². The Hall–Kier alpha value is -2.07. The normalized spacial score (nSPS) is 20.5. The van der Waals surface area contributed by atoms with E-state index in [4.69, 9.17) is 27.9 Å². The summed E-state index contributed by atoms with van der Waals surface area (Å²) in [6.07, 6.45) is 1.64. The highest BCUT2D eigenvalue weighted by molar-refractivity contribution is 6.30. The topological polar surface area (TPSA) is 25.4 Å². The van der Waals surface area contributed by atoms with Crippen LogP contribution in [-0.4, -0.2) is 29.1 Å². The third-order valence-electron chi connectivity index (χ3n) is 5.60. The van der Waals surface area contributed by atoms with Gasteiger partial charge in [-0.05, 0) is 36.2 Å². The Labute approximate surface area is 182 Å². The first-order chi connectivity index (χ1) is 14.1. The molecular formula is C24H24Cl2N2O. The van der Waals surface area contributed by atoms with E-state index in [1.165, 1.54) is 11.1 Å². The molecule has 0 bridgehead atoms. The monoisotopic (exact) mass is 426 g/mol. The van der Waals surface area contributed by atoms with Gasteiger partial charge in [0.1, 0.15) is 6.10 Å². The maximum atomic E-state index is 6.20. The Morgan fingerprint density at radius 2 is 1.69 bits per heavy atom. The largest absolute Gasteiger partial charge is 0.474 e. The molecule has 1 saturated heterocycles. The Kier molecular flexibility index (Phi) is 6.39. The van der Waals surface area contributed by atoms with Gasteiger partial charge in [0.2, 0.25) is 5.88 Å². The molecule has 5 heteroatoms. The van der Waals surface area contributed by atoms with E-state index in [1.54, 1.807) is 6.20 Å². The summed E-state index contributed by atoms with van der Waals surface area (Å²) in [6, 6.07) is 22.5. The van der Waals surface area contributed by atoms with Gasteiger partial charge in [-0.1, -0.05) is 65.7 Å². The molecule has 2 heterocycles. The van der Waals surface area contributed by atoms with Gasteiger partial charge in [0, 0.05) is 48.8 Å². The Bertz CT molecular complexity index is 916. The van der Waals surface area contributed by atoms with E-state index in [1.807, 2.05) is 24.3 Å². The molecule has 150 valence electrons. The first kappa shape index (κ1) is 20.2. The number of hydrogen-bond donors (Lipinski definition) is 0. The SMILES string of the molecule is C[C@H](Oc1ccc(Cl)cn1)[C@@H]1CN(Cc2ccccc2)C[C@@H]1c1ccc(Cl)cc1. The fraction of sp³-hybridized carbons (Fsp3) is 0.292. The molecule has 0 N–H and O–H groups in total. The molecule has 0 radical (unpaired) electrons. The quantitative estimate of drug-likeness (QED) is 0.477. The molecule has 0 saturated carbocycles. The minimum atomic E-state index is 0.0186. The summed E-state index contributed by atoms with van der Waals surface area (Å²) in [4.78, 5) is 6.81. The zero-order valence-electron chi connectivity index (χ0n) is 16.3. The highest BCUT2D eigenvalue weighted by Crippen LogP contribution is 2.37. The molecular weight excluding hydrogens is 403 g/mol. The molecule has 0 spiro atoms. The first-order valence-corrected chi connectivity index (χ1v) is 10.6. The minimum absolute atomic E-state index is 0.0186. The van der Waals surface area contributed by atoms with Crippen molar-refractivity contribution >= 4 is 23.2 Å². The second-order valence-corrected chi connectivity index (χ2v) is 8.51. The van der Waals surface area contributed by atoms with Crippen LogP contribution in [0.2, 0.25) is 10.0 Å². The Morgan fingerprint density at radius 1 is 0.966 bits per heavy atom. The number of halogens is 2. The van der Waals surface area contributed by atoms with Crippen LogP contribution in [0.15, 0.2) is 72.9 Å². The summed E-state index contributed by atoms with van der Waals surface area (Å²) >= 11 is 12.1. The van der Waals surface area contributed by atoms with Crippen LogP contribution in [0.25, 0.3) is 0 Å². The van der Waals surface area contributed by atoms with E-state index in [2.05, 4.69) is 59.3 Å². The van der Waals surface area contributed by atoms with Crippen LogP contribution in [0.3, 0.4) is 0 Å². The van der Waals surface area contributed by atoms with Crippen LogP contribution in [0.5, 0.6) is 5.88 Å². The van der Waals surface area contributed by atoms with E-state index in [9.17, 15) is 0 Å². The fourth-order valence-electron chi connectivity index (χ4n) is 4.13. The van der Waals surface area contributed by atoms with Crippen molar-refractivity contribution < 1.29 is 4.74 Å². The van der Waals surface area contributed by atoms with Gasteiger partial charge in [-0.15, -0.1) is 0 Å². The van der Waals surface area contributed by atoms with Crippen LogP contribution in [0.4, 0.5) is 0 Å². The van der Waals surface area contributed by atoms with Crippen LogP contribution in [0.1, 0.15) is 24.0 Å². The van der Waals surface area contributed by atoms with Gasteiger partial charge in [-0.2, -0.15) is 0 Å². The van der Waals surface area contributed by atoms with Crippen LogP contribution in [-0.2, 0) is 6.54 Å². The molecule has 4 rings (SSSR count). The molecule has 0 amide bonds. The average Bonchev–Trinajstić information content (AvgIpc) is 3.15. The summed E-state index contributed by atoms with van der Waals surface area (Å²) in [5, 5.41) is 1.37. The van der Waals surface area contributed by atoms with Gasteiger partial charge in [0.25, 0.3) is 0 Å². The number of rotatable bonds is 6. The van der Waals surface area contributed by atoms with Gasteiger partial charge in [-0.25, -0.2) is 4.98 Å². The van der Waals surface area contributed by atoms with Crippen molar-refractivity contribution in [3.63, 3.8) is 0 Å². The van der Waals surface area contributed by atoms with Crippen molar-refractivity contribution in [1.29, 1.82) is 0 Å². The lowest BCUT2D eigenvalue weighted by atomic mass is 9.86. The number of benzene rings is 2. The fourth-order valence-corrected chi connectivity index (χ4v) is 4.37. The van der Waals surface area contributed by atoms with Crippen LogP contribution < -0.4 is 4.74 Å². The summed E-state index contributed by atoms with van der Waals surface area (Å²) in [5.74, 6) is 1.33. The molecule has 1 aliphatic heterocycles. The van der Waals surface area contributed by atoms with Crippen molar-refractivity contribution in [2.75, 3.05) is 13.1 Å². The lowest BCUT2D eigenvalue weighted by Gasteiger charge is -2.25. The molecule has 3 nitrogen and oxygen atoms in total. The molecule has 1 aromatic heterocycles. The highest BCUT2D eigenvalue weighted by Gasteiger charge is 2.38. The van der Waals surface area contributed by atoms with Gasteiger partial charge in [0.15, 0.2) is 0 Å². The molecule has 0 unspecified atom stereocenters. The van der Waals surface area contributed by atoms with Crippen molar-refractivity contribution in [2.24, 2.45) is 5.92 Å². The molecule has 0 aliphatic carbocycles. The number of likely N-dealkylation sites (tertiary alicyclic amines) is 1. The van der Waals surface area contributed by atoms with Gasteiger partial charge in [0.05, 0.1) is 5.02 Å². The van der Waals surface area contributed by atoms with Gasteiger partial charge in [-0.3, -0.25) is 4.90 Å². The predicted octanol–water partition coefficient (Wildman–Crippen LogP) is 6.07. The molecule has 3 aromatic rings. The van der Waals surface area contributed by atoms with E-state index >= 15 is 0 Å². The molecule has 29 heavy (non-hydrogen) atoms. The maximum absolute atomic E-state index is 6.20. The number of nitrogens with zero attached hydrogens (tertiary/aromatic N) is 2. The molecule has 3 atom stereocenters. The van der Waals surface area contributed by atoms with Gasteiger partial charge >= 0.3 is 0 Å². The number of hydrogen-bond acceptors (Lipinski definition) is 3. The van der Waals surface area contributed by atoms with Crippen molar-refractivity contribution in [3.8, 4) is 5.88 Å². The van der Waals surface area contributed by atoms with Gasteiger partial charge < -0.3 is 4.74 Å². The Morgan fingerprint density at radius 3 is 2.38 bits per heavy atom. The number of aromatic nitrogens is 1. The maximum Gasteiger partial charge on any atom is 0.213 e. The number of pyridine rings is 1. The van der Waals surface area contributed by atoms with E-state index in [0.29, 0.717) is 22.7 Å². The van der Waals surface area contributed by atoms with E-state index in [0.717, 1.165) is 24.7 Å².